The summed E-state index contributed by atoms with van der Waals surface area (Å²) in [5.74, 6) is 0. The van der Waals surface area contributed by atoms with Crippen molar-refractivity contribution in [2.45, 2.75) is 6.18 Å². The summed E-state index contributed by atoms with van der Waals surface area (Å²) in [6.45, 7) is 0. The maximum atomic E-state index is 12.7. The molecule has 0 aliphatic heterocycles. The zero-order valence-electron chi connectivity index (χ0n) is 12.6. The Bertz CT molecular complexity index is 892. The summed E-state index contributed by atoms with van der Waals surface area (Å²) in [5.41, 5.74) is 3.86. The van der Waals surface area contributed by atoms with E-state index in [1.807, 2.05) is 35.7 Å². The van der Waals surface area contributed by atoms with Crippen LogP contribution >= 0.6 is 22.9 Å². The van der Waals surface area contributed by atoms with E-state index in [9.17, 15) is 13.2 Å². The van der Waals surface area contributed by atoms with Crippen LogP contribution in [0.5, 0.6) is 0 Å². The lowest BCUT2D eigenvalue weighted by Crippen LogP contribution is -2.05. The molecule has 128 valence electrons. The molecular weight excluding hydrogens is 371 g/mol. The first-order valence-electron chi connectivity index (χ1n) is 7.10. The predicted molar refractivity (Wildman–Crippen MR) is 95.2 cm³/mol. The monoisotopic (exact) mass is 381 g/mol. The third-order valence-corrected chi connectivity index (χ3v) is 4.35. The molecule has 0 bridgehead atoms. The van der Waals surface area contributed by atoms with Crippen molar-refractivity contribution < 1.29 is 13.2 Å². The number of rotatable bonds is 4. The Balaban J connectivity index is 1.73. The van der Waals surface area contributed by atoms with Gasteiger partial charge >= 0.3 is 6.18 Å². The Labute approximate surface area is 150 Å². The van der Waals surface area contributed by atoms with Gasteiger partial charge in [-0.3, -0.25) is 5.43 Å². The van der Waals surface area contributed by atoms with Gasteiger partial charge in [-0.25, -0.2) is 4.98 Å². The number of hydrazone groups is 1. The molecule has 0 atom stereocenters. The largest absolute Gasteiger partial charge is 0.416 e. The topological polar surface area (TPSA) is 37.3 Å². The fourth-order valence-electron chi connectivity index (χ4n) is 2.04. The smallest absolute Gasteiger partial charge is 0.253 e. The molecule has 8 heteroatoms. The first kappa shape index (κ1) is 17.4. The van der Waals surface area contributed by atoms with Gasteiger partial charge in [-0.1, -0.05) is 41.9 Å². The molecule has 0 aliphatic carbocycles. The minimum atomic E-state index is -4.43. The number of thiazole rings is 1. The molecule has 0 unspecified atom stereocenters. The summed E-state index contributed by atoms with van der Waals surface area (Å²) in [5, 5.41) is 6.50. The van der Waals surface area contributed by atoms with E-state index in [1.54, 1.807) is 0 Å². The van der Waals surface area contributed by atoms with Crippen LogP contribution in [0.3, 0.4) is 0 Å². The maximum Gasteiger partial charge on any atom is 0.416 e. The van der Waals surface area contributed by atoms with Gasteiger partial charge in [0.05, 0.1) is 17.5 Å². The van der Waals surface area contributed by atoms with Crippen molar-refractivity contribution in [1.29, 1.82) is 0 Å². The van der Waals surface area contributed by atoms with E-state index >= 15 is 0 Å². The summed E-state index contributed by atoms with van der Waals surface area (Å²) in [4.78, 5) is 4.37. The molecule has 1 heterocycles. The number of halogens is 4. The van der Waals surface area contributed by atoms with Gasteiger partial charge in [0.25, 0.3) is 0 Å². The third kappa shape index (κ3) is 4.37. The lowest BCUT2D eigenvalue weighted by atomic mass is 10.1. The summed E-state index contributed by atoms with van der Waals surface area (Å²) < 4.78 is 38.2. The molecule has 1 N–H and O–H groups in total. The Hall–Kier alpha value is -2.38. The number of hydrogen-bond donors (Lipinski definition) is 1. The van der Waals surface area contributed by atoms with Crippen LogP contribution in [-0.4, -0.2) is 11.2 Å². The number of hydrogen-bond acceptors (Lipinski definition) is 4. The Morgan fingerprint density at radius 1 is 1.12 bits per heavy atom. The Morgan fingerprint density at radius 2 is 1.88 bits per heavy atom. The van der Waals surface area contributed by atoms with E-state index in [0.29, 0.717) is 5.13 Å². The van der Waals surface area contributed by atoms with Gasteiger partial charge in [0.15, 0.2) is 0 Å². The van der Waals surface area contributed by atoms with Gasteiger partial charge in [0.1, 0.15) is 0 Å². The van der Waals surface area contributed by atoms with Crippen LogP contribution in [0.2, 0.25) is 5.02 Å². The highest BCUT2D eigenvalue weighted by molar-refractivity contribution is 7.14. The van der Waals surface area contributed by atoms with E-state index in [2.05, 4.69) is 15.5 Å². The molecule has 3 aromatic rings. The van der Waals surface area contributed by atoms with Crippen LogP contribution in [0.4, 0.5) is 18.3 Å². The lowest BCUT2D eigenvalue weighted by Gasteiger charge is -2.07. The average molecular weight is 382 g/mol. The molecular formula is C17H11ClF3N3S. The van der Waals surface area contributed by atoms with Crippen LogP contribution in [-0.2, 0) is 6.18 Å². The zero-order valence-corrected chi connectivity index (χ0v) is 14.2. The minimum absolute atomic E-state index is 0.170. The van der Waals surface area contributed by atoms with E-state index in [1.165, 1.54) is 23.6 Å². The first-order chi connectivity index (χ1) is 11.9. The first-order valence-corrected chi connectivity index (χ1v) is 8.36. The van der Waals surface area contributed by atoms with Crippen molar-refractivity contribution in [1.82, 2.24) is 4.98 Å². The van der Waals surface area contributed by atoms with E-state index in [0.717, 1.165) is 23.4 Å². The Morgan fingerprint density at radius 3 is 2.60 bits per heavy atom. The van der Waals surface area contributed by atoms with E-state index in [4.69, 9.17) is 11.6 Å². The van der Waals surface area contributed by atoms with Gasteiger partial charge < -0.3 is 0 Å². The molecule has 25 heavy (non-hydrogen) atoms. The normalized spacial score (nSPS) is 11.8. The Kier molecular flexibility index (Phi) is 5.06. The second kappa shape index (κ2) is 7.25. The fourth-order valence-corrected chi connectivity index (χ4v) is 2.88. The molecule has 2 aromatic carbocycles. The average Bonchev–Trinajstić information content (AvgIpc) is 3.05. The highest BCUT2D eigenvalue weighted by Gasteiger charge is 2.30. The maximum absolute atomic E-state index is 12.7. The molecule has 0 fully saturated rings. The number of anilines is 1. The summed E-state index contributed by atoms with van der Waals surface area (Å²) in [7, 11) is 0. The number of benzene rings is 2. The van der Waals surface area contributed by atoms with Crippen molar-refractivity contribution in [2.24, 2.45) is 5.10 Å². The van der Waals surface area contributed by atoms with Crippen molar-refractivity contribution in [3.8, 4) is 11.3 Å². The van der Waals surface area contributed by atoms with Crippen molar-refractivity contribution in [3.05, 3.63) is 70.1 Å². The van der Waals surface area contributed by atoms with Gasteiger partial charge in [0.2, 0.25) is 5.13 Å². The number of nitrogens with zero attached hydrogens (tertiary/aromatic N) is 2. The minimum Gasteiger partial charge on any atom is -0.253 e. The van der Waals surface area contributed by atoms with Crippen LogP contribution in [0.25, 0.3) is 11.3 Å². The van der Waals surface area contributed by atoms with E-state index < -0.39 is 11.7 Å². The molecule has 0 saturated heterocycles. The van der Waals surface area contributed by atoms with E-state index in [-0.39, 0.29) is 10.6 Å². The van der Waals surface area contributed by atoms with Crippen LogP contribution in [0.1, 0.15) is 11.1 Å². The molecule has 0 radical (unpaired) electrons. The predicted octanol–water partition coefficient (Wildman–Crippen LogP) is 5.93. The van der Waals surface area contributed by atoms with Crippen LogP contribution in [0, 0.1) is 0 Å². The zero-order chi connectivity index (χ0) is 17.9. The highest BCUT2D eigenvalue weighted by atomic mass is 35.5. The molecule has 3 nitrogen and oxygen atoms in total. The van der Waals surface area contributed by atoms with Gasteiger partial charge in [-0.2, -0.15) is 18.3 Å². The summed E-state index contributed by atoms with van der Waals surface area (Å²) >= 11 is 7.25. The molecule has 0 aliphatic rings. The summed E-state index contributed by atoms with van der Waals surface area (Å²) in [6, 6.07) is 12.7. The number of alkyl halides is 3. The number of nitrogens with one attached hydrogen (secondary N) is 1. The fraction of sp³-hybridized carbons (Fsp3) is 0.0588. The van der Waals surface area contributed by atoms with Crippen LogP contribution in [0.15, 0.2) is 59.0 Å². The standard InChI is InChI=1S/C17H11ClF3N3S/c18-14-7-6-13(17(19,20)21)8-12(14)9-22-24-16-23-15(10-25-16)11-4-2-1-3-5-11/h1-10H,(H,23,24). The molecule has 0 saturated carbocycles. The second-order valence-electron chi connectivity index (χ2n) is 5.01. The van der Waals surface area contributed by atoms with Gasteiger partial charge in [-0.15, -0.1) is 11.3 Å². The third-order valence-electron chi connectivity index (χ3n) is 3.26. The van der Waals surface area contributed by atoms with Crippen LogP contribution < -0.4 is 5.43 Å². The molecule has 0 spiro atoms. The molecule has 3 rings (SSSR count). The quantitative estimate of drug-likeness (QED) is 0.449. The van der Waals surface area contributed by atoms with Crippen molar-refractivity contribution in [3.63, 3.8) is 0 Å². The lowest BCUT2D eigenvalue weighted by molar-refractivity contribution is -0.137. The van der Waals surface area contributed by atoms with Gasteiger partial charge in [0, 0.05) is 21.5 Å². The second-order valence-corrected chi connectivity index (χ2v) is 6.27. The number of aromatic nitrogens is 1. The molecule has 0 amide bonds. The SMILES string of the molecule is FC(F)(F)c1ccc(Cl)c(C=NNc2nc(-c3ccccc3)cs2)c1. The highest BCUT2D eigenvalue weighted by Crippen LogP contribution is 2.31. The summed E-state index contributed by atoms with van der Waals surface area (Å²) in [6.07, 6.45) is -3.19. The molecule has 1 aromatic heterocycles. The van der Waals surface area contributed by atoms with Gasteiger partial charge in [-0.05, 0) is 18.2 Å². The van der Waals surface area contributed by atoms with Crippen molar-refractivity contribution >= 4 is 34.3 Å². The van der Waals surface area contributed by atoms with Crippen molar-refractivity contribution in [2.75, 3.05) is 5.43 Å².